The van der Waals surface area contributed by atoms with Crippen LogP contribution in [0, 0.1) is 5.82 Å². The number of nitrogens with one attached hydrogen (secondary N) is 1. The highest BCUT2D eigenvalue weighted by Gasteiger charge is 2.32. The van der Waals surface area contributed by atoms with E-state index in [2.05, 4.69) is 25.1 Å². The number of benzene rings is 1. The summed E-state index contributed by atoms with van der Waals surface area (Å²) < 4.78 is 19.0. The largest absolute Gasteiger partial charge is 0.464 e. The fourth-order valence-electron chi connectivity index (χ4n) is 3.74. The number of aliphatic hydroxyl groups excluding tert-OH is 1. The van der Waals surface area contributed by atoms with Crippen LogP contribution in [-0.2, 0) is 6.54 Å². The number of likely N-dealkylation sites (N-methyl/N-ethyl adjacent to an activating group) is 1. The van der Waals surface area contributed by atoms with E-state index >= 15 is 0 Å². The molecule has 1 aliphatic heterocycles. The summed E-state index contributed by atoms with van der Waals surface area (Å²) >= 11 is 0. The number of hydrogen-bond acceptors (Lipinski definition) is 7. The van der Waals surface area contributed by atoms with E-state index < -0.39 is 0 Å². The molecule has 8 heteroatoms. The minimum absolute atomic E-state index is 0.202. The van der Waals surface area contributed by atoms with Crippen molar-refractivity contribution in [2.45, 2.75) is 25.1 Å². The molecule has 0 aliphatic carbocycles. The fraction of sp³-hybridized carbons (Fsp3) is 0.400. The molecular formula is C20H24FN5O2. The molecule has 3 aromatic rings. The van der Waals surface area contributed by atoms with E-state index in [0.29, 0.717) is 24.5 Å². The van der Waals surface area contributed by atoms with Crippen LogP contribution in [0.4, 0.5) is 16.0 Å². The van der Waals surface area contributed by atoms with Crippen molar-refractivity contribution in [3.63, 3.8) is 0 Å². The average Bonchev–Trinajstić information content (AvgIpc) is 3.22. The zero-order valence-corrected chi connectivity index (χ0v) is 16.0. The van der Waals surface area contributed by atoms with Gasteiger partial charge >= 0.3 is 0 Å². The van der Waals surface area contributed by atoms with Crippen LogP contribution in [0.1, 0.15) is 12.0 Å². The highest BCUT2D eigenvalue weighted by molar-refractivity contribution is 5.81. The number of β-amino-alcohol motifs (C(OH)–C–C–N with tert-alkyl or cyclic N) is 1. The number of nitrogens with zero attached hydrogens (tertiary/aromatic N) is 4. The number of halogens is 1. The van der Waals surface area contributed by atoms with Crippen molar-refractivity contribution in [1.82, 2.24) is 14.9 Å². The highest BCUT2D eigenvalue weighted by Crippen LogP contribution is 2.27. The van der Waals surface area contributed by atoms with Crippen LogP contribution < -0.4 is 10.2 Å². The molecule has 0 bridgehead atoms. The van der Waals surface area contributed by atoms with Gasteiger partial charge in [0.25, 0.3) is 0 Å². The number of hydrogen-bond donors (Lipinski definition) is 2. The lowest BCUT2D eigenvalue weighted by Gasteiger charge is -2.27. The third-order valence-electron chi connectivity index (χ3n) is 4.99. The molecule has 0 spiro atoms. The van der Waals surface area contributed by atoms with E-state index in [1.807, 2.05) is 20.2 Å². The quantitative estimate of drug-likeness (QED) is 0.675. The molecule has 3 heterocycles. The predicted molar refractivity (Wildman–Crippen MR) is 106 cm³/mol. The van der Waals surface area contributed by atoms with Gasteiger partial charge in [-0.15, -0.1) is 0 Å². The van der Waals surface area contributed by atoms with Crippen molar-refractivity contribution in [3.05, 3.63) is 48.2 Å². The van der Waals surface area contributed by atoms with Gasteiger partial charge in [-0.3, -0.25) is 0 Å². The Balaban J connectivity index is 1.50. The number of aromatic nitrogens is 2. The van der Waals surface area contributed by atoms with Crippen molar-refractivity contribution in [3.8, 4) is 0 Å². The van der Waals surface area contributed by atoms with Gasteiger partial charge in [0.1, 0.15) is 29.4 Å². The Kier molecular flexibility index (Phi) is 5.15. The molecule has 1 fully saturated rings. The summed E-state index contributed by atoms with van der Waals surface area (Å²) in [5.74, 6) is 1.16. The van der Waals surface area contributed by atoms with Crippen LogP contribution >= 0.6 is 0 Å². The predicted octanol–water partition coefficient (Wildman–Crippen LogP) is 2.48. The molecule has 4 rings (SSSR count). The van der Waals surface area contributed by atoms with Gasteiger partial charge in [-0.05, 0) is 38.7 Å². The number of furan rings is 1. The summed E-state index contributed by atoms with van der Waals surface area (Å²) in [5, 5.41) is 14.1. The van der Waals surface area contributed by atoms with E-state index in [9.17, 15) is 9.50 Å². The first kappa shape index (κ1) is 18.6. The lowest BCUT2D eigenvalue weighted by molar-refractivity contribution is 0.191. The lowest BCUT2D eigenvalue weighted by Crippen LogP contribution is -2.38. The summed E-state index contributed by atoms with van der Waals surface area (Å²) in [6.45, 7) is 1.85. The monoisotopic (exact) mass is 385 g/mol. The summed E-state index contributed by atoms with van der Waals surface area (Å²) in [4.78, 5) is 12.9. The van der Waals surface area contributed by atoms with Crippen LogP contribution in [0.2, 0.25) is 0 Å². The molecule has 1 aliphatic rings. The van der Waals surface area contributed by atoms with Gasteiger partial charge < -0.3 is 24.6 Å². The third kappa shape index (κ3) is 3.93. The van der Waals surface area contributed by atoms with E-state index in [1.54, 1.807) is 12.3 Å². The molecule has 2 N–H and O–H groups in total. The van der Waals surface area contributed by atoms with Crippen molar-refractivity contribution >= 4 is 22.6 Å². The van der Waals surface area contributed by atoms with E-state index in [-0.39, 0.29) is 18.0 Å². The first-order chi connectivity index (χ1) is 13.5. The molecule has 1 saturated heterocycles. The number of rotatable bonds is 6. The van der Waals surface area contributed by atoms with Crippen LogP contribution in [0.5, 0.6) is 0 Å². The fourth-order valence-corrected chi connectivity index (χ4v) is 3.74. The van der Waals surface area contributed by atoms with Gasteiger partial charge in [0.05, 0.1) is 12.4 Å². The summed E-state index contributed by atoms with van der Waals surface area (Å²) in [6, 6.07) is 6.56. The maximum Gasteiger partial charge on any atom is 0.134 e. The Morgan fingerprint density at radius 3 is 3.00 bits per heavy atom. The Labute approximate surface area is 162 Å². The Hall–Kier alpha value is -2.71. The van der Waals surface area contributed by atoms with Gasteiger partial charge in [-0.1, -0.05) is 0 Å². The van der Waals surface area contributed by atoms with Gasteiger partial charge in [0, 0.05) is 42.7 Å². The summed E-state index contributed by atoms with van der Waals surface area (Å²) in [6.07, 6.45) is 3.51. The van der Waals surface area contributed by atoms with Crippen LogP contribution in [0.3, 0.4) is 0 Å². The van der Waals surface area contributed by atoms with Gasteiger partial charge in [0.2, 0.25) is 0 Å². The Morgan fingerprint density at radius 1 is 1.32 bits per heavy atom. The Morgan fingerprint density at radius 2 is 2.18 bits per heavy atom. The second-order valence-electron chi connectivity index (χ2n) is 7.47. The molecule has 1 aromatic carbocycles. The van der Waals surface area contributed by atoms with E-state index in [0.717, 1.165) is 29.7 Å². The normalized spacial score (nSPS) is 19.7. The van der Waals surface area contributed by atoms with Gasteiger partial charge in [0.15, 0.2) is 0 Å². The molecule has 148 valence electrons. The second-order valence-corrected chi connectivity index (χ2v) is 7.47. The smallest absolute Gasteiger partial charge is 0.134 e. The van der Waals surface area contributed by atoms with Crippen LogP contribution in [-0.4, -0.2) is 59.3 Å². The molecule has 0 amide bonds. The summed E-state index contributed by atoms with van der Waals surface area (Å²) in [5.41, 5.74) is 1.51. The molecule has 0 unspecified atom stereocenters. The molecule has 7 nitrogen and oxygen atoms in total. The van der Waals surface area contributed by atoms with Gasteiger partial charge in [-0.25, -0.2) is 14.4 Å². The van der Waals surface area contributed by atoms with Crippen LogP contribution in [0.15, 0.2) is 41.3 Å². The Bertz CT molecular complexity index is 961. The van der Waals surface area contributed by atoms with Crippen molar-refractivity contribution in [2.75, 3.05) is 37.4 Å². The minimum Gasteiger partial charge on any atom is -0.464 e. The molecule has 2 atom stereocenters. The van der Waals surface area contributed by atoms with E-state index in [1.165, 1.54) is 18.5 Å². The summed E-state index contributed by atoms with van der Waals surface area (Å²) in [7, 11) is 4.04. The van der Waals surface area contributed by atoms with Crippen molar-refractivity contribution in [1.29, 1.82) is 0 Å². The highest BCUT2D eigenvalue weighted by atomic mass is 19.1. The molecule has 2 aromatic heterocycles. The van der Waals surface area contributed by atoms with E-state index in [4.69, 9.17) is 4.42 Å². The maximum atomic E-state index is 13.5. The van der Waals surface area contributed by atoms with Gasteiger partial charge in [-0.2, -0.15) is 0 Å². The number of aliphatic hydroxyl groups is 1. The standard InChI is InChI=1S/C20H24FN5O2/c1-25(2)9-15-6-16(27)10-26(15)20-7-19(23-12-24-20)22-8-13-11-28-18-4-3-14(21)5-17(13)18/h3-5,7,11-12,15-16,27H,6,8-10H2,1-2H3,(H,22,23,24)/t15-,16-/m1/s1. The first-order valence-electron chi connectivity index (χ1n) is 9.30. The zero-order chi connectivity index (χ0) is 19.7. The van der Waals surface area contributed by atoms with Crippen molar-refractivity contribution in [2.24, 2.45) is 0 Å². The minimum atomic E-state index is -0.358. The number of fused-ring (bicyclic) bond motifs is 1. The first-order valence-corrected chi connectivity index (χ1v) is 9.30. The lowest BCUT2D eigenvalue weighted by atomic mass is 10.2. The third-order valence-corrected chi connectivity index (χ3v) is 4.99. The topological polar surface area (TPSA) is 77.7 Å². The zero-order valence-electron chi connectivity index (χ0n) is 16.0. The SMILES string of the molecule is CN(C)C[C@H]1C[C@@H](O)CN1c1cc(NCc2coc3ccc(F)cc23)ncn1. The van der Waals surface area contributed by atoms with Crippen LogP contribution in [0.25, 0.3) is 11.0 Å². The molecule has 28 heavy (non-hydrogen) atoms. The second kappa shape index (κ2) is 7.73. The molecule has 0 saturated carbocycles. The molecule has 0 radical (unpaired) electrons. The number of anilines is 2. The average molecular weight is 385 g/mol. The maximum absolute atomic E-state index is 13.5. The van der Waals surface area contributed by atoms with Crippen molar-refractivity contribution < 1.29 is 13.9 Å². The molecular weight excluding hydrogens is 361 g/mol.